The highest BCUT2D eigenvalue weighted by Crippen LogP contribution is 2.26. The molecule has 0 saturated carbocycles. The lowest BCUT2D eigenvalue weighted by Crippen LogP contribution is -2.48. The van der Waals surface area contributed by atoms with Crippen LogP contribution in [0.4, 0.5) is 5.69 Å². The number of nitro benzene ring substituents is 1. The van der Waals surface area contributed by atoms with Gasteiger partial charge < -0.3 is 4.74 Å². The molecule has 0 atom stereocenters. The Balaban J connectivity index is 1.88. The number of nitrogens with one attached hydrogen (secondary N) is 3. The van der Waals surface area contributed by atoms with Crippen LogP contribution in [0.5, 0.6) is 5.75 Å². The van der Waals surface area contributed by atoms with E-state index in [-0.39, 0.29) is 16.4 Å². The Morgan fingerprint density at radius 2 is 1.84 bits per heavy atom. The normalized spacial score (nSPS) is 10.3. The first-order valence-electron chi connectivity index (χ1n) is 9.26. The van der Waals surface area contributed by atoms with Gasteiger partial charge in [0.25, 0.3) is 17.5 Å². The lowest BCUT2D eigenvalue weighted by molar-refractivity contribution is -0.384. The van der Waals surface area contributed by atoms with Gasteiger partial charge in [0.2, 0.25) is 0 Å². The minimum atomic E-state index is -0.647. The molecule has 0 saturated heterocycles. The summed E-state index contributed by atoms with van der Waals surface area (Å²) in [6, 6.07) is 10.1. The molecule has 0 aliphatic heterocycles. The van der Waals surface area contributed by atoms with Gasteiger partial charge in [0.1, 0.15) is 5.75 Å². The highest BCUT2D eigenvalue weighted by molar-refractivity contribution is 9.10. The van der Waals surface area contributed by atoms with Crippen molar-refractivity contribution in [3.8, 4) is 5.75 Å². The van der Waals surface area contributed by atoms with Crippen LogP contribution in [0.2, 0.25) is 0 Å². The molecule has 0 aliphatic rings. The van der Waals surface area contributed by atoms with Crippen molar-refractivity contribution in [2.45, 2.75) is 20.3 Å². The average molecular weight is 509 g/mol. The Labute approximate surface area is 192 Å². The summed E-state index contributed by atoms with van der Waals surface area (Å²) < 4.78 is 6.31. The second-order valence-electron chi connectivity index (χ2n) is 6.85. The zero-order valence-corrected chi connectivity index (χ0v) is 19.2. The quantitative estimate of drug-likeness (QED) is 0.295. The third-order valence-electron chi connectivity index (χ3n) is 3.98. The molecular weight excluding hydrogens is 488 g/mol. The van der Waals surface area contributed by atoms with Crippen LogP contribution in [0.1, 0.15) is 41.0 Å². The first-order chi connectivity index (χ1) is 14.7. The SMILES string of the molecule is CC(C)CCOc1ccc(C(=O)NC(=S)NNC(=O)c2cccc([N+](=O)[O-])c2)cc1Br. The number of benzene rings is 2. The summed E-state index contributed by atoms with van der Waals surface area (Å²) in [6.07, 6.45) is 0.913. The molecule has 2 aromatic carbocycles. The molecule has 0 radical (unpaired) electrons. The first-order valence-corrected chi connectivity index (χ1v) is 10.5. The Bertz CT molecular complexity index is 999. The van der Waals surface area contributed by atoms with Crippen molar-refractivity contribution < 1.29 is 19.2 Å². The molecule has 0 aliphatic carbocycles. The van der Waals surface area contributed by atoms with Crippen LogP contribution in [0.3, 0.4) is 0 Å². The number of ether oxygens (including phenoxy) is 1. The molecule has 9 nitrogen and oxygen atoms in total. The lowest BCUT2D eigenvalue weighted by atomic mass is 10.1. The molecule has 164 valence electrons. The molecule has 0 heterocycles. The molecule has 2 amide bonds. The van der Waals surface area contributed by atoms with E-state index in [9.17, 15) is 19.7 Å². The summed E-state index contributed by atoms with van der Waals surface area (Å²) in [5.41, 5.74) is 4.84. The second kappa shape index (κ2) is 11.4. The molecule has 0 unspecified atom stereocenters. The molecule has 11 heteroatoms. The van der Waals surface area contributed by atoms with Crippen molar-refractivity contribution in [2.75, 3.05) is 6.61 Å². The smallest absolute Gasteiger partial charge is 0.270 e. The van der Waals surface area contributed by atoms with E-state index >= 15 is 0 Å². The van der Waals surface area contributed by atoms with Crippen molar-refractivity contribution in [1.82, 2.24) is 16.2 Å². The summed E-state index contributed by atoms with van der Waals surface area (Å²) in [6.45, 7) is 4.78. The Morgan fingerprint density at radius 1 is 1.13 bits per heavy atom. The highest BCUT2D eigenvalue weighted by Gasteiger charge is 2.14. The van der Waals surface area contributed by atoms with Gasteiger partial charge in [-0.3, -0.25) is 35.9 Å². The number of hydrazine groups is 1. The Kier molecular flexibility index (Phi) is 8.88. The molecule has 0 fully saturated rings. The zero-order valence-electron chi connectivity index (χ0n) is 16.8. The molecule has 0 bridgehead atoms. The standard InChI is InChI=1S/C20H21BrN4O5S/c1-12(2)8-9-30-17-7-6-14(11-16(17)21)18(26)22-20(31)24-23-19(27)13-4-3-5-15(10-13)25(28)29/h3-7,10-12H,8-9H2,1-2H3,(H,23,27)(H2,22,24,26,31). The lowest BCUT2D eigenvalue weighted by Gasteiger charge is -2.12. The van der Waals surface area contributed by atoms with E-state index in [1.54, 1.807) is 18.2 Å². The van der Waals surface area contributed by atoms with Gasteiger partial charge in [0.15, 0.2) is 5.11 Å². The minimum absolute atomic E-state index is 0.0628. The second-order valence-corrected chi connectivity index (χ2v) is 8.11. The Morgan fingerprint density at radius 3 is 2.48 bits per heavy atom. The largest absolute Gasteiger partial charge is 0.492 e. The number of thiocarbonyl (C=S) groups is 1. The van der Waals surface area contributed by atoms with Crippen LogP contribution in [-0.4, -0.2) is 28.5 Å². The number of nitro groups is 1. The van der Waals surface area contributed by atoms with E-state index in [1.165, 1.54) is 18.2 Å². The average Bonchev–Trinajstić information content (AvgIpc) is 2.72. The van der Waals surface area contributed by atoms with Crippen LogP contribution in [-0.2, 0) is 0 Å². The van der Waals surface area contributed by atoms with Gasteiger partial charge in [-0.1, -0.05) is 19.9 Å². The number of rotatable bonds is 7. The molecular formula is C20H21BrN4O5S. The zero-order chi connectivity index (χ0) is 23.0. The number of halogens is 1. The number of nitrogens with zero attached hydrogens (tertiary/aromatic N) is 1. The molecule has 0 spiro atoms. The van der Waals surface area contributed by atoms with E-state index in [2.05, 4.69) is 45.9 Å². The number of hydrogen-bond donors (Lipinski definition) is 3. The number of carbonyl (C=O) groups excluding carboxylic acids is 2. The van der Waals surface area contributed by atoms with E-state index in [0.29, 0.717) is 28.3 Å². The number of amides is 2. The maximum atomic E-state index is 12.4. The summed E-state index contributed by atoms with van der Waals surface area (Å²) in [5.74, 6) is 0.0134. The first kappa shape index (κ1) is 24.2. The van der Waals surface area contributed by atoms with Crippen LogP contribution in [0, 0.1) is 16.0 Å². The summed E-state index contributed by atoms with van der Waals surface area (Å²) >= 11 is 8.39. The molecule has 0 aromatic heterocycles. The van der Waals surface area contributed by atoms with Gasteiger partial charge in [-0.15, -0.1) is 0 Å². The van der Waals surface area contributed by atoms with Gasteiger partial charge in [-0.25, -0.2) is 0 Å². The fourth-order valence-corrected chi connectivity index (χ4v) is 2.95. The number of carbonyl (C=O) groups is 2. The van der Waals surface area contributed by atoms with Gasteiger partial charge in [-0.2, -0.15) is 0 Å². The third-order valence-corrected chi connectivity index (χ3v) is 4.81. The van der Waals surface area contributed by atoms with Gasteiger partial charge in [-0.05, 0) is 64.8 Å². The summed E-state index contributed by atoms with van der Waals surface area (Å²) in [4.78, 5) is 34.7. The van der Waals surface area contributed by atoms with E-state index in [1.807, 2.05) is 0 Å². The predicted octanol–water partition coefficient (Wildman–Crippen LogP) is 3.73. The number of hydrogen-bond acceptors (Lipinski definition) is 6. The van der Waals surface area contributed by atoms with Crippen LogP contribution >= 0.6 is 28.1 Å². The fourth-order valence-electron chi connectivity index (χ4n) is 2.32. The monoisotopic (exact) mass is 508 g/mol. The number of non-ortho nitro benzene ring substituents is 1. The van der Waals surface area contributed by atoms with E-state index < -0.39 is 16.7 Å². The topological polar surface area (TPSA) is 123 Å². The van der Waals surface area contributed by atoms with Crippen molar-refractivity contribution in [1.29, 1.82) is 0 Å². The minimum Gasteiger partial charge on any atom is -0.492 e. The van der Waals surface area contributed by atoms with Crippen molar-refractivity contribution >= 4 is 50.8 Å². The van der Waals surface area contributed by atoms with Crippen molar-refractivity contribution in [3.63, 3.8) is 0 Å². The van der Waals surface area contributed by atoms with Crippen molar-refractivity contribution in [2.24, 2.45) is 5.92 Å². The fraction of sp³-hybridized carbons (Fsp3) is 0.250. The molecule has 31 heavy (non-hydrogen) atoms. The van der Waals surface area contributed by atoms with Gasteiger partial charge in [0, 0.05) is 23.3 Å². The Hall–Kier alpha value is -3.05. The molecule has 3 N–H and O–H groups in total. The van der Waals surface area contributed by atoms with Gasteiger partial charge >= 0.3 is 0 Å². The maximum Gasteiger partial charge on any atom is 0.270 e. The third kappa shape index (κ3) is 7.61. The van der Waals surface area contributed by atoms with E-state index in [4.69, 9.17) is 17.0 Å². The summed E-state index contributed by atoms with van der Waals surface area (Å²) in [5, 5.41) is 13.1. The molecule has 2 aromatic rings. The van der Waals surface area contributed by atoms with Crippen LogP contribution in [0.25, 0.3) is 0 Å². The van der Waals surface area contributed by atoms with Crippen LogP contribution in [0.15, 0.2) is 46.9 Å². The van der Waals surface area contributed by atoms with E-state index in [0.717, 1.165) is 12.5 Å². The predicted molar refractivity (Wildman–Crippen MR) is 123 cm³/mol. The van der Waals surface area contributed by atoms with Gasteiger partial charge in [0.05, 0.1) is 16.0 Å². The highest BCUT2D eigenvalue weighted by atomic mass is 79.9. The maximum absolute atomic E-state index is 12.4. The molecule has 2 rings (SSSR count). The van der Waals surface area contributed by atoms with Crippen LogP contribution < -0.4 is 20.9 Å². The van der Waals surface area contributed by atoms with Crippen molar-refractivity contribution in [3.05, 3.63) is 68.2 Å². The summed E-state index contributed by atoms with van der Waals surface area (Å²) in [7, 11) is 0.